The van der Waals surface area contributed by atoms with Gasteiger partial charge in [-0.3, -0.25) is 14.9 Å². The van der Waals surface area contributed by atoms with Crippen LogP contribution < -0.4 is 20.1 Å². The maximum absolute atomic E-state index is 12.9. The number of nitrogens with one attached hydrogen (secondary N) is 2. The molecular weight excluding hydrogens is 470 g/mol. The van der Waals surface area contributed by atoms with E-state index in [1.54, 1.807) is 49.4 Å². The van der Waals surface area contributed by atoms with E-state index >= 15 is 0 Å². The average Bonchev–Trinajstić information content (AvgIpc) is 3.44. The maximum Gasteiger partial charge on any atom is 0.338 e. The van der Waals surface area contributed by atoms with Crippen LogP contribution in [0.4, 0.5) is 10.8 Å². The highest BCUT2D eigenvalue weighted by Gasteiger charge is 2.33. The van der Waals surface area contributed by atoms with Crippen LogP contribution in [0.1, 0.15) is 50.5 Å². The number of amides is 2. The van der Waals surface area contributed by atoms with Crippen LogP contribution in [0.5, 0.6) is 11.5 Å². The van der Waals surface area contributed by atoms with Crippen molar-refractivity contribution in [1.82, 2.24) is 4.98 Å². The summed E-state index contributed by atoms with van der Waals surface area (Å²) in [4.78, 5) is 43.0. The van der Waals surface area contributed by atoms with E-state index in [1.807, 2.05) is 0 Å². The van der Waals surface area contributed by atoms with E-state index in [0.29, 0.717) is 58.6 Å². The summed E-state index contributed by atoms with van der Waals surface area (Å²) >= 11 is 1.37. The quantitative estimate of drug-likeness (QED) is 0.449. The summed E-state index contributed by atoms with van der Waals surface area (Å²) in [5, 5.41) is 6.12. The number of carbonyl (C=O) groups is 3. The molecule has 0 bridgehead atoms. The number of methoxy groups -OCH3 is 2. The highest BCUT2D eigenvalue weighted by molar-refractivity contribution is 7.16. The van der Waals surface area contributed by atoms with Crippen LogP contribution >= 0.6 is 11.3 Å². The van der Waals surface area contributed by atoms with Gasteiger partial charge in [-0.2, -0.15) is 0 Å². The van der Waals surface area contributed by atoms with Gasteiger partial charge in [-0.1, -0.05) is 0 Å². The first-order valence-corrected chi connectivity index (χ1v) is 11.9. The Kier molecular flexibility index (Phi) is 7.31. The number of rotatable bonds is 8. The lowest BCUT2D eigenvalue weighted by atomic mass is 10.1. The third-order valence-electron chi connectivity index (χ3n) is 5.53. The molecule has 1 aromatic heterocycles. The van der Waals surface area contributed by atoms with E-state index < -0.39 is 11.9 Å². The molecule has 9 nitrogen and oxygen atoms in total. The molecule has 0 spiro atoms. The van der Waals surface area contributed by atoms with Gasteiger partial charge in [0.1, 0.15) is 11.5 Å². The first-order chi connectivity index (χ1) is 16.9. The SMILES string of the molecule is CCOC(=O)c1ccc(NC(=O)C2CCc3sc(NC(=O)c4cc(OC)cc(OC)c4)nc32)cc1. The van der Waals surface area contributed by atoms with Gasteiger partial charge in [-0.15, -0.1) is 11.3 Å². The number of hydrogen-bond donors (Lipinski definition) is 2. The Morgan fingerprint density at radius 3 is 2.31 bits per heavy atom. The molecule has 3 aromatic rings. The van der Waals surface area contributed by atoms with Gasteiger partial charge in [0.05, 0.1) is 38.0 Å². The highest BCUT2D eigenvalue weighted by atomic mass is 32.1. The normalized spacial score (nSPS) is 14.1. The number of benzene rings is 2. The molecule has 1 atom stereocenters. The van der Waals surface area contributed by atoms with Crippen molar-refractivity contribution in [1.29, 1.82) is 0 Å². The topological polar surface area (TPSA) is 116 Å². The summed E-state index contributed by atoms with van der Waals surface area (Å²) < 4.78 is 15.4. The van der Waals surface area contributed by atoms with Crippen LogP contribution in [0.3, 0.4) is 0 Å². The van der Waals surface area contributed by atoms with Crippen molar-refractivity contribution in [3.05, 3.63) is 64.2 Å². The second kappa shape index (κ2) is 10.6. The van der Waals surface area contributed by atoms with Gasteiger partial charge in [0, 0.05) is 22.2 Å². The van der Waals surface area contributed by atoms with Crippen LogP contribution in [-0.4, -0.2) is 43.6 Å². The molecule has 4 rings (SSSR count). The van der Waals surface area contributed by atoms with Gasteiger partial charge in [0.25, 0.3) is 5.91 Å². The van der Waals surface area contributed by atoms with Crippen molar-refractivity contribution in [2.75, 3.05) is 31.5 Å². The van der Waals surface area contributed by atoms with E-state index in [1.165, 1.54) is 25.6 Å². The zero-order valence-electron chi connectivity index (χ0n) is 19.5. The molecule has 1 aliphatic carbocycles. The molecule has 0 fully saturated rings. The number of anilines is 2. The molecule has 0 radical (unpaired) electrons. The number of nitrogens with zero attached hydrogens (tertiary/aromatic N) is 1. The minimum atomic E-state index is -0.423. The lowest BCUT2D eigenvalue weighted by Crippen LogP contribution is -2.20. The fourth-order valence-electron chi connectivity index (χ4n) is 3.78. The summed E-state index contributed by atoms with van der Waals surface area (Å²) in [6.07, 6.45) is 1.35. The lowest BCUT2D eigenvalue weighted by Gasteiger charge is -2.11. The monoisotopic (exact) mass is 495 g/mol. The molecule has 1 unspecified atom stereocenters. The van der Waals surface area contributed by atoms with Gasteiger partial charge in [-0.25, -0.2) is 9.78 Å². The Bertz CT molecular complexity index is 1230. The van der Waals surface area contributed by atoms with E-state index in [0.717, 1.165) is 4.88 Å². The number of esters is 1. The Labute approximate surface area is 206 Å². The molecule has 1 aliphatic rings. The second-order valence-corrected chi connectivity index (χ2v) is 8.84. The van der Waals surface area contributed by atoms with Gasteiger partial charge >= 0.3 is 5.97 Å². The first-order valence-electron chi connectivity index (χ1n) is 11.0. The molecule has 1 heterocycles. The lowest BCUT2D eigenvalue weighted by molar-refractivity contribution is -0.117. The van der Waals surface area contributed by atoms with Gasteiger partial charge in [-0.05, 0) is 56.2 Å². The van der Waals surface area contributed by atoms with E-state index in [-0.39, 0.29) is 11.8 Å². The Balaban J connectivity index is 1.43. The zero-order valence-corrected chi connectivity index (χ0v) is 20.4. The number of carbonyl (C=O) groups excluding carboxylic acids is 3. The van der Waals surface area contributed by atoms with Crippen molar-refractivity contribution in [3.8, 4) is 11.5 Å². The van der Waals surface area contributed by atoms with Crippen molar-refractivity contribution in [3.63, 3.8) is 0 Å². The third-order valence-corrected chi connectivity index (χ3v) is 6.58. The maximum atomic E-state index is 12.9. The molecule has 182 valence electrons. The van der Waals surface area contributed by atoms with Crippen LogP contribution in [-0.2, 0) is 16.0 Å². The molecule has 2 amide bonds. The Hall–Kier alpha value is -3.92. The standard InChI is InChI=1S/C25H25N3O6S/c1-4-34-24(31)14-5-7-16(8-6-14)26-23(30)19-9-10-20-21(19)27-25(35-20)28-22(29)15-11-17(32-2)13-18(12-15)33-3/h5-8,11-13,19H,4,9-10H2,1-3H3,(H,26,30)(H,27,28,29). The first kappa shape index (κ1) is 24.2. The number of fused-ring (bicyclic) bond motifs is 1. The van der Waals surface area contributed by atoms with Gasteiger partial charge in [0.15, 0.2) is 5.13 Å². The molecule has 0 saturated carbocycles. The third kappa shape index (κ3) is 5.43. The van der Waals surface area contributed by atoms with Gasteiger partial charge in [0.2, 0.25) is 5.91 Å². The highest BCUT2D eigenvalue weighted by Crippen LogP contribution is 2.39. The number of ether oxygens (including phenoxy) is 3. The predicted octanol–water partition coefficient (Wildman–Crippen LogP) is 4.26. The number of aryl methyl sites for hydroxylation is 1. The fraction of sp³-hybridized carbons (Fsp3) is 0.280. The smallest absolute Gasteiger partial charge is 0.338 e. The summed E-state index contributed by atoms with van der Waals surface area (Å²) in [6.45, 7) is 2.04. The molecule has 0 aliphatic heterocycles. The van der Waals surface area contributed by atoms with Gasteiger partial charge < -0.3 is 19.5 Å². The summed E-state index contributed by atoms with van der Waals surface area (Å²) in [6, 6.07) is 11.5. The summed E-state index contributed by atoms with van der Waals surface area (Å²) in [5.74, 6) is -0.360. The Morgan fingerprint density at radius 1 is 1.00 bits per heavy atom. The summed E-state index contributed by atoms with van der Waals surface area (Å²) in [5.41, 5.74) is 2.04. The van der Waals surface area contributed by atoms with Crippen molar-refractivity contribution in [2.24, 2.45) is 0 Å². The molecular formula is C25H25N3O6S. The van der Waals surface area contributed by atoms with Crippen molar-refractivity contribution >= 4 is 39.9 Å². The molecule has 35 heavy (non-hydrogen) atoms. The largest absolute Gasteiger partial charge is 0.497 e. The molecule has 2 aromatic carbocycles. The Morgan fingerprint density at radius 2 is 1.69 bits per heavy atom. The zero-order chi connectivity index (χ0) is 24.9. The van der Waals surface area contributed by atoms with Crippen LogP contribution in [0.2, 0.25) is 0 Å². The molecule has 0 saturated heterocycles. The second-order valence-electron chi connectivity index (χ2n) is 7.76. The van der Waals surface area contributed by atoms with Crippen LogP contribution in [0.15, 0.2) is 42.5 Å². The number of aromatic nitrogens is 1. The predicted molar refractivity (Wildman–Crippen MR) is 132 cm³/mol. The van der Waals surface area contributed by atoms with E-state index in [2.05, 4.69) is 15.6 Å². The number of hydrogen-bond acceptors (Lipinski definition) is 8. The van der Waals surface area contributed by atoms with Crippen molar-refractivity contribution in [2.45, 2.75) is 25.7 Å². The average molecular weight is 496 g/mol. The van der Waals surface area contributed by atoms with E-state index in [9.17, 15) is 14.4 Å². The van der Waals surface area contributed by atoms with Crippen LogP contribution in [0, 0.1) is 0 Å². The van der Waals surface area contributed by atoms with Crippen LogP contribution in [0.25, 0.3) is 0 Å². The fourth-order valence-corrected chi connectivity index (χ4v) is 4.81. The van der Waals surface area contributed by atoms with Crippen molar-refractivity contribution < 1.29 is 28.6 Å². The summed E-state index contributed by atoms with van der Waals surface area (Å²) in [7, 11) is 3.03. The minimum absolute atomic E-state index is 0.187. The number of thiazole rings is 1. The van der Waals surface area contributed by atoms with E-state index in [4.69, 9.17) is 14.2 Å². The molecule has 2 N–H and O–H groups in total. The minimum Gasteiger partial charge on any atom is -0.497 e. The molecule has 10 heteroatoms.